The molecule has 0 radical (unpaired) electrons. The van der Waals surface area contributed by atoms with E-state index in [4.69, 9.17) is 8.76 Å². The minimum absolute atomic E-state index is 2.95. The Morgan fingerprint density at radius 1 is 1.67 bits per heavy atom. The van der Waals surface area contributed by atoms with Crippen LogP contribution in [-0.2, 0) is 11.1 Å². The Bertz CT molecular complexity index is 62.6. The van der Waals surface area contributed by atoms with Crippen molar-refractivity contribution in [2.45, 2.75) is 5.76 Å². The zero-order valence-corrected chi connectivity index (χ0v) is 3.41. The minimum Gasteiger partial charge on any atom is -0.302 e. The molecule has 0 heterocycles. The lowest BCUT2D eigenvalue weighted by molar-refractivity contribution is 0.231. The average Bonchev–Trinajstić information content (AvgIpc) is 1.36. The van der Waals surface area contributed by atoms with Crippen LogP contribution in [0.1, 0.15) is 0 Å². The summed E-state index contributed by atoms with van der Waals surface area (Å²) in [4.78, 5) is 0. The second kappa shape index (κ2) is 2.20. The van der Waals surface area contributed by atoms with E-state index in [1.807, 2.05) is 0 Å². The van der Waals surface area contributed by atoms with Crippen molar-refractivity contribution in [3.63, 3.8) is 0 Å². The zero-order valence-electron chi connectivity index (χ0n) is 2.60. The first-order valence-corrected chi connectivity index (χ1v) is 2.19. The van der Waals surface area contributed by atoms with Crippen LogP contribution < -0.4 is 0 Å². The van der Waals surface area contributed by atoms with Crippen molar-refractivity contribution in [2.24, 2.45) is 0 Å². The van der Waals surface area contributed by atoms with E-state index in [0.29, 0.717) is 0 Å². The summed E-state index contributed by atoms with van der Waals surface area (Å²) < 4.78 is 37.6. The van der Waals surface area contributed by atoms with Crippen molar-refractivity contribution >= 4 is 11.1 Å². The predicted octanol–water partition coefficient (Wildman–Crippen LogP) is 0.431. The predicted molar refractivity (Wildman–Crippen MR) is 16.8 cm³/mol. The smallest absolute Gasteiger partial charge is 0.302 e. The Labute approximate surface area is 35.4 Å². The quantitative estimate of drug-likeness (QED) is 0.504. The second-order valence-corrected chi connectivity index (χ2v) is 1.45. The monoisotopic (exact) mass is 116 g/mol. The van der Waals surface area contributed by atoms with E-state index in [0.717, 1.165) is 0 Å². The first kappa shape index (κ1) is 5.97. The summed E-state index contributed by atoms with van der Waals surface area (Å²) in [5.41, 5.74) is 0. The third-order valence-corrected chi connectivity index (χ3v) is 0.457. The Morgan fingerprint density at radius 3 is 1.83 bits per heavy atom. The summed E-state index contributed by atoms with van der Waals surface area (Å²) in [5.74, 6) is -3.12. The highest BCUT2D eigenvalue weighted by Crippen LogP contribution is 1.93. The summed E-state index contributed by atoms with van der Waals surface area (Å²) in [6.07, 6.45) is 0. The maximum Gasteiger partial charge on any atom is 0.336 e. The third kappa shape index (κ3) is 2.22. The van der Waals surface area contributed by atoms with E-state index in [1.54, 1.807) is 0 Å². The molecule has 0 rings (SSSR count). The van der Waals surface area contributed by atoms with Gasteiger partial charge < -0.3 is 4.55 Å². The lowest BCUT2D eigenvalue weighted by Crippen LogP contribution is -1.97. The highest BCUT2D eigenvalue weighted by atomic mass is 32.2. The van der Waals surface area contributed by atoms with Gasteiger partial charge in [0.25, 0.3) is 0 Å². The first-order chi connectivity index (χ1) is 2.64. The molecular weight excluding hydrogens is 114 g/mol. The molecule has 0 aliphatic rings. The minimum atomic E-state index is -3.12. The second-order valence-electron chi connectivity index (χ2n) is 0.537. The molecule has 0 saturated heterocycles. The number of hydrogen-bond donors (Lipinski definition) is 1. The number of halogens is 2. The molecule has 0 bridgehead atoms. The largest absolute Gasteiger partial charge is 0.336 e. The molecule has 1 N–H and O–H groups in total. The first-order valence-electron chi connectivity index (χ1n) is 1.02. The molecule has 1 atom stereocenters. The fourth-order valence-electron chi connectivity index (χ4n) is 0. The van der Waals surface area contributed by atoms with Crippen LogP contribution in [0, 0.1) is 0 Å². The van der Waals surface area contributed by atoms with Crippen LogP contribution in [-0.4, -0.2) is 14.5 Å². The number of alkyl halides is 2. The summed E-state index contributed by atoms with van der Waals surface area (Å²) in [6, 6.07) is 0. The van der Waals surface area contributed by atoms with E-state index in [9.17, 15) is 8.78 Å². The van der Waals surface area contributed by atoms with Gasteiger partial charge in [0.1, 0.15) is 0 Å². The van der Waals surface area contributed by atoms with Crippen molar-refractivity contribution in [3.05, 3.63) is 0 Å². The van der Waals surface area contributed by atoms with Gasteiger partial charge in [-0.3, -0.25) is 0 Å². The van der Waals surface area contributed by atoms with Crippen LogP contribution >= 0.6 is 0 Å². The van der Waals surface area contributed by atoms with E-state index in [1.165, 1.54) is 0 Å². The molecule has 6 heavy (non-hydrogen) atoms. The van der Waals surface area contributed by atoms with Crippen LogP contribution in [0.2, 0.25) is 0 Å². The molecule has 0 aliphatic heterocycles. The number of rotatable bonds is 1. The van der Waals surface area contributed by atoms with Crippen LogP contribution in [0.5, 0.6) is 0 Å². The van der Waals surface area contributed by atoms with Gasteiger partial charge in [-0.25, -0.2) is 4.21 Å². The Morgan fingerprint density at radius 2 is 1.83 bits per heavy atom. The van der Waals surface area contributed by atoms with E-state index in [-0.39, 0.29) is 0 Å². The van der Waals surface area contributed by atoms with Gasteiger partial charge in [-0.2, -0.15) is 8.78 Å². The normalized spacial score (nSPS) is 15.3. The maximum absolute atomic E-state index is 10.6. The fraction of sp³-hybridized carbons (Fsp3) is 1.00. The summed E-state index contributed by atoms with van der Waals surface area (Å²) >= 11 is -2.95. The molecule has 0 amide bonds. The van der Waals surface area contributed by atoms with Crippen LogP contribution in [0.15, 0.2) is 0 Å². The van der Waals surface area contributed by atoms with Gasteiger partial charge in [-0.15, -0.1) is 0 Å². The molecule has 0 spiro atoms. The molecule has 0 aromatic rings. The van der Waals surface area contributed by atoms with Crippen molar-refractivity contribution in [2.75, 3.05) is 0 Å². The van der Waals surface area contributed by atoms with Crippen molar-refractivity contribution < 1.29 is 17.5 Å². The standard InChI is InChI=1S/CH2F2O2S/c2-1(3)6(4)5/h1H,(H,4,5). The molecule has 0 fully saturated rings. The number of hydrogen-bond acceptors (Lipinski definition) is 1. The Kier molecular flexibility index (Phi) is 2.19. The molecule has 5 heteroatoms. The van der Waals surface area contributed by atoms with E-state index >= 15 is 0 Å². The lowest BCUT2D eigenvalue weighted by atomic mass is 11.7. The van der Waals surface area contributed by atoms with Crippen LogP contribution in [0.25, 0.3) is 0 Å². The highest BCUT2D eigenvalue weighted by Gasteiger charge is 2.06. The van der Waals surface area contributed by atoms with Gasteiger partial charge in [-0.05, 0) is 0 Å². The molecule has 0 aliphatic carbocycles. The van der Waals surface area contributed by atoms with Crippen LogP contribution in [0.4, 0.5) is 8.78 Å². The molecule has 38 valence electrons. The summed E-state index contributed by atoms with van der Waals surface area (Å²) in [6.45, 7) is 0. The third-order valence-electron chi connectivity index (χ3n) is 0.152. The van der Waals surface area contributed by atoms with Crippen molar-refractivity contribution in [1.29, 1.82) is 0 Å². The van der Waals surface area contributed by atoms with Crippen molar-refractivity contribution in [3.8, 4) is 0 Å². The maximum atomic E-state index is 10.6. The molecule has 0 saturated carbocycles. The van der Waals surface area contributed by atoms with E-state index < -0.39 is 16.8 Å². The van der Waals surface area contributed by atoms with Gasteiger partial charge in [0, 0.05) is 0 Å². The van der Waals surface area contributed by atoms with Gasteiger partial charge >= 0.3 is 5.76 Å². The van der Waals surface area contributed by atoms with Gasteiger partial charge in [0.05, 0.1) is 0 Å². The fourth-order valence-corrected chi connectivity index (χ4v) is 0. The molecular formula is CH2F2O2S. The van der Waals surface area contributed by atoms with Crippen LogP contribution in [0.3, 0.4) is 0 Å². The highest BCUT2D eigenvalue weighted by molar-refractivity contribution is 7.79. The Hall–Kier alpha value is -0.0300. The van der Waals surface area contributed by atoms with Gasteiger partial charge in [-0.1, -0.05) is 0 Å². The summed E-state index contributed by atoms with van der Waals surface area (Å²) in [5, 5.41) is 0. The SMILES string of the molecule is O=S(O)C(F)F. The Balaban J connectivity index is 3.26. The van der Waals surface area contributed by atoms with Gasteiger partial charge in [0.15, 0.2) is 0 Å². The molecule has 0 aromatic heterocycles. The lowest BCUT2D eigenvalue weighted by Gasteiger charge is -1.82. The topological polar surface area (TPSA) is 37.3 Å². The molecule has 2 nitrogen and oxygen atoms in total. The zero-order chi connectivity index (χ0) is 5.15. The van der Waals surface area contributed by atoms with E-state index in [2.05, 4.69) is 0 Å². The molecule has 1 unspecified atom stereocenters. The average molecular weight is 116 g/mol. The van der Waals surface area contributed by atoms with Crippen molar-refractivity contribution in [1.82, 2.24) is 0 Å². The van der Waals surface area contributed by atoms with Gasteiger partial charge in [0.2, 0.25) is 11.1 Å². The summed E-state index contributed by atoms with van der Waals surface area (Å²) in [7, 11) is 0. The molecule has 0 aromatic carbocycles.